The van der Waals surface area contributed by atoms with Crippen LogP contribution in [0.15, 0.2) is 54.0 Å². The molecule has 0 aromatic heterocycles. The van der Waals surface area contributed by atoms with E-state index in [9.17, 15) is 0 Å². The second-order valence-corrected chi connectivity index (χ2v) is 6.30. The van der Waals surface area contributed by atoms with Crippen LogP contribution in [0.3, 0.4) is 0 Å². The Hall–Kier alpha value is -2.62. The zero-order chi connectivity index (χ0) is 21.8. The molecular weight excluding hydrogens is 509 g/mol. The van der Waals surface area contributed by atoms with Gasteiger partial charge in [-0.1, -0.05) is 36.9 Å². The SMILES string of the molecule is C=CCOc1ccccc1CNC(=NC)NCCc1ccc(OC)c(OC)c1OC.I. The van der Waals surface area contributed by atoms with Crippen LogP contribution in [0.2, 0.25) is 0 Å². The number of benzene rings is 2. The third kappa shape index (κ3) is 7.54. The Labute approximate surface area is 201 Å². The van der Waals surface area contributed by atoms with E-state index in [0.717, 1.165) is 23.3 Å². The van der Waals surface area contributed by atoms with E-state index in [2.05, 4.69) is 22.2 Å². The summed E-state index contributed by atoms with van der Waals surface area (Å²) >= 11 is 0. The zero-order valence-corrected chi connectivity index (χ0v) is 20.9. The van der Waals surface area contributed by atoms with Crippen molar-refractivity contribution in [2.75, 3.05) is 41.5 Å². The van der Waals surface area contributed by atoms with Gasteiger partial charge >= 0.3 is 0 Å². The average molecular weight is 541 g/mol. The van der Waals surface area contributed by atoms with Crippen LogP contribution in [0.25, 0.3) is 0 Å². The maximum absolute atomic E-state index is 5.70. The van der Waals surface area contributed by atoms with Gasteiger partial charge in [0.25, 0.3) is 0 Å². The van der Waals surface area contributed by atoms with Crippen LogP contribution in [-0.4, -0.2) is 47.5 Å². The first-order chi connectivity index (χ1) is 14.7. The Kier molecular flexibility index (Phi) is 12.3. The summed E-state index contributed by atoms with van der Waals surface area (Å²) in [4.78, 5) is 4.29. The molecule has 0 spiro atoms. The minimum atomic E-state index is 0. The van der Waals surface area contributed by atoms with Gasteiger partial charge in [0, 0.05) is 31.3 Å². The van der Waals surface area contributed by atoms with Crippen molar-refractivity contribution in [3.8, 4) is 23.0 Å². The number of nitrogens with zero attached hydrogens (tertiary/aromatic N) is 1. The Morgan fingerprint density at radius 3 is 2.32 bits per heavy atom. The molecule has 0 saturated heterocycles. The van der Waals surface area contributed by atoms with Crippen LogP contribution in [-0.2, 0) is 13.0 Å². The fraction of sp³-hybridized carbons (Fsp3) is 0.348. The number of ether oxygens (including phenoxy) is 4. The second-order valence-electron chi connectivity index (χ2n) is 6.30. The summed E-state index contributed by atoms with van der Waals surface area (Å²) in [6.07, 6.45) is 2.45. The van der Waals surface area contributed by atoms with E-state index in [4.69, 9.17) is 18.9 Å². The highest BCUT2D eigenvalue weighted by atomic mass is 127. The van der Waals surface area contributed by atoms with Crippen molar-refractivity contribution in [1.82, 2.24) is 10.6 Å². The van der Waals surface area contributed by atoms with Crippen molar-refractivity contribution < 1.29 is 18.9 Å². The van der Waals surface area contributed by atoms with Crippen molar-refractivity contribution in [3.05, 3.63) is 60.2 Å². The topological polar surface area (TPSA) is 73.3 Å². The lowest BCUT2D eigenvalue weighted by molar-refractivity contribution is 0.322. The fourth-order valence-electron chi connectivity index (χ4n) is 3.01. The van der Waals surface area contributed by atoms with Crippen molar-refractivity contribution >= 4 is 29.9 Å². The van der Waals surface area contributed by atoms with Crippen molar-refractivity contribution in [3.63, 3.8) is 0 Å². The molecule has 2 N–H and O–H groups in total. The van der Waals surface area contributed by atoms with Gasteiger partial charge in [0.2, 0.25) is 5.75 Å². The quantitative estimate of drug-likeness (QED) is 0.195. The van der Waals surface area contributed by atoms with Crippen molar-refractivity contribution in [1.29, 1.82) is 0 Å². The Morgan fingerprint density at radius 1 is 0.935 bits per heavy atom. The number of guanidine groups is 1. The molecule has 0 radical (unpaired) electrons. The summed E-state index contributed by atoms with van der Waals surface area (Å²) in [7, 11) is 6.58. The number of halogens is 1. The van der Waals surface area contributed by atoms with Crippen LogP contribution < -0.4 is 29.6 Å². The van der Waals surface area contributed by atoms with Gasteiger partial charge in [0.05, 0.1) is 21.3 Å². The lowest BCUT2D eigenvalue weighted by Crippen LogP contribution is -2.38. The van der Waals surface area contributed by atoms with Gasteiger partial charge in [-0.05, 0) is 18.6 Å². The van der Waals surface area contributed by atoms with E-state index >= 15 is 0 Å². The van der Waals surface area contributed by atoms with Crippen LogP contribution in [0, 0.1) is 0 Å². The molecule has 0 saturated carbocycles. The molecule has 2 aromatic carbocycles. The molecular formula is C23H32IN3O4. The lowest BCUT2D eigenvalue weighted by Gasteiger charge is -2.17. The molecule has 31 heavy (non-hydrogen) atoms. The summed E-state index contributed by atoms with van der Waals surface area (Å²) in [6, 6.07) is 11.8. The highest BCUT2D eigenvalue weighted by molar-refractivity contribution is 14.0. The smallest absolute Gasteiger partial charge is 0.203 e. The molecule has 2 rings (SSSR count). The van der Waals surface area contributed by atoms with E-state index in [1.54, 1.807) is 34.5 Å². The number of para-hydroxylation sites is 1. The number of aliphatic imine (C=N–C) groups is 1. The van der Waals surface area contributed by atoms with Gasteiger partial charge in [-0.3, -0.25) is 4.99 Å². The molecule has 0 unspecified atom stereocenters. The molecule has 0 aliphatic heterocycles. The molecule has 0 amide bonds. The van der Waals surface area contributed by atoms with Gasteiger partial charge in [0.1, 0.15) is 12.4 Å². The minimum Gasteiger partial charge on any atom is -0.493 e. The van der Waals surface area contributed by atoms with Crippen LogP contribution in [0.1, 0.15) is 11.1 Å². The maximum Gasteiger partial charge on any atom is 0.203 e. The first-order valence-electron chi connectivity index (χ1n) is 9.72. The number of hydrogen-bond acceptors (Lipinski definition) is 5. The minimum absolute atomic E-state index is 0. The first-order valence-corrected chi connectivity index (χ1v) is 9.72. The molecule has 2 aromatic rings. The summed E-state index contributed by atoms with van der Waals surface area (Å²) in [5, 5.41) is 6.64. The Morgan fingerprint density at radius 2 is 1.68 bits per heavy atom. The lowest BCUT2D eigenvalue weighted by atomic mass is 10.1. The predicted octanol–water partition coefficient (Wildman–Crippen LogP) is 3.80. The average Bonchev–Trinajstić information content (AvgIpc) is 2.79. The molecule has 0 fully saturated rings. The van der Waals surface area contributed by atoms with Gasteiger partial charge in [-0.15, -0.1) is 24.0 Å². The molecule has 170 valence electrons. The molecule has 0 aliphatic rings. The number of nitrogens with one attached hydrogen (secondary N) is 2. The van der Waals surface area contributed by atoms with Crippen molar-refractivity contribution in [2.45, 2.75) is 13.0 Å². The zero-order valence-electron chi connectivity index (χ0n) is 18.6. The van der Waals surface area contributed by atoms with E-state index in [-0.39, 0.29) is 24.0 Å². The largest absolute Gasteiger partial charge is 0.493 e. The maximum atomic E-state index is 5.70. The molecule has 8 heteroatoms. The number of rotatable bonds is 11. The summed E-state index contributed by atoms with van der Waals surface area (Å²) in [5.74, 6) is 3.44. The molecule has 7 nitrogen and oxygen atoms in total. The van der Waals surface area contributed by atoms with Crippen LogP contribution >= 0.6 is 24.0 Å². The van der Waals surface area contributed by atoms with Crippen LogP contribution in [0.5, 0.6) is 23.0 Å². The van der Waals surface area contributed by atoms with Gasteiger partial charge in [-0.2, -0.15) is 0 Å². The monoisotopic (exact) mass is 541 g/mol. The summed E-state index contributed by atoms with van der Waals surface area (Å²) < 4.78 is 22.0. The molecule has 0 atom stereocenters. The fourth-order valence-corrected chi connectivity index (χ4v) is 3.01. The first kappa shape index (κ1) is 26.4. The molecule has 0 heterocycles. The van der Waals surface area contributed by atoms with E-state index in [1.165, 1.54) is 0 Å². The molecule has 0 bridgehead atoms. The third-order valence-electron chi connectivity index (χ3n) is 4.47. The predicted molar refractivity (Wildman–Crippen MR) is 136 cm³/mol. The van der Waals surface area contributed by atoms with E-state index < -0.39 is 0 Å². The third-order valence-corrected chi connectivity index (χ3v) is 4.47. The van der Waals surface area contributed by atoms with Gasteiger partial charge < -0.3 is 29.6 Å². The number of hydrogen-bond donors (Lipinski definition) is 2. The Bertz CT molecular complexity index is 859. The normalized spacial score (nSPS) is 10.5. The Balaban J connectivity index is 0.00000480. The second kappa shape index (κ2) is 14.4. The standard InChI is InChI=1S/C23H31N3O4.HI/c1-6-15-30-19-10-8-7-9-18(19)16-26-23(24-2)25-14-13-17-11-12-20(27-3)22(29-5)21(17)28-4;/h6-12H,1,13-16H2,2-5H3,(H2,24,25,26);1H. The number of methoxy groups -OCH3 is 3. The summed E-state index contributed by atoms with van der Waals surface area (Å²) in [5.41, 5.74) is 2.06. The summed E-state index contributed by atoms with van der Waals surface area (Å²) in [6.45, 7) is 5.42. The van der Waals surface area contributed by atoms with E-state index in [1.807, 2.05) is 36.4 Å². The van der Waals surface area contributed by atoms with Gasteiger partial charge in [0.15, 0.2) is 17.5 Å². The van der Waals surface area contributed by atoms with Crippen molar-refractivity contribution in [2.24, 2.45) is 4.99 Å². The van der Waals surface area contributed by atoms with Gasteiger partial charge in [-0.25, -0.2) is 0 Å². The van der Waals surface area contributed by atoms with Crippen LogP contribution in [0.4, 0.5) is 0 Å². The van der Waals surface area contributed by atoms with E-state index in [0.29, 0.717) is 42.9 Å². The highest BCUT2D eigenvalue weighted by Crippen LogP contribution is 2.39. The highest BCUT2D eigenvalue weighted by Gasteiger charge is 2.15. The molecule has 0 aliphatic carbocycles.